The number of benzene rings is 1. The Balaban J connectivity index is 2.20. The van der Waals surface area contributed by atoms with Crippen LogP contribution in [0.15, 0.2) is 36.7 Å². The number of hydrogen-bond donors (Lipinski definition) is 0. The van der Waals surface area contributed by atoms with E-state index in [2.05, 4.69) is 5.10 Å². The molecule has 0 aliphatic carbocycles. The van der Waals surface area contributed by atoms with E-state index in [1.165, 1.54) is 23.0 Å². The van der Waals surface area contributed by atoms with E-state index in [0.29, 0.717) is 11.4 Å². The fourth-order valence-electron chi connectivity index (χ4n) is 1.66. The maximum atomic E-state index is 12.5. The zero-order chi connectivity index (χ0) is 15.0. The van der Waals surface area contributed by atoms with E-state index in [1.807, 2.05) is 20.8 Å². The van der Waals surface area contributed by atoms with Gasteiger partial charge in [-0.1, -0.05) is 0 Å². The van der Waals surface area contributed by atoms with Crippen LogP contribution < -0.4 is 4.74 Å². The highest BCUT2D eigenvalue weighted by molar-refractivity contribution is 5.36. The van der Waals surface area contributed by atoms with Crippen LogP contribution in [-0.4, -0.2) is 15.4 Å². The van der Waals surface area contributed by atoms with Gasteiger partial charge in [0.25, 0.3) is 0 Å². The molecule has 0 aliphatic heterocycles. The molecule has 1 heterocycles. The summed E-state index contributed by atoms with van der Waals surface area (Å²) in [6, 6.07) is 4.80. The van der Waals surface area contributed by atoms with Crippen molar-refractivity contribution in [3.05, 3.63) is 42.2 Å². The van der Waals surface area contributed by atoms with Crippen LogP contribution >= 0.6 is 0 Å². The minimum Gasteiger partial charge on any atom is -0.485 e. The molecule has 0 fully saturated rings. The summed E-state index contributed by atoms with van der Waals surface area (Å²) >= 11 is 0. The molecule has 0 amide bonds. The molecule has 108 valence electrons. The van der Waals surface area contributed by atoms with Crippen molar-refractivity contribution in [2.75, 3.05) is 0 Å². The second-order valence-electron chi connectivity index (χ2n) is 5.38. The van der Waals surface area contributed by atoms with Crippen molar-refractivity contribution in [3.8, 4) is 11.4 Å². The summed E-state index contributed by atoms with van der Waals surface area (Å²) in [6.45, 7) is 5.72. The van der Waals surface area contributed by atoms with E-state index in [0.717, 1.165) is 12.1 Å². The average Bonchev–Trinajstić information content (AvgIpc) is 2.74. The smallest absolute Gasteiger partial charge is 0.416 e. The third-order valence-corrected chi connectivity index (χ3v) is 2.44. The Morgan fingerprint density at radius 1 is 1.05 bits per heavy atom. The molecule has 0 bridgehead atoms. The molecular formula is C14H15F3N2O. The fraction of sp³-hybridized carbons (Fsp3) is 0.357. The Morgan fingerprint density at radius 2 is 1.65 bits per heavy atom. The molecule has 0 N–H and O–H groups in total. The van der Waals surface area contributed by atoms with Gasteiger partial charge in [-0.2, -0.15) is 18.3 Å². The Hall–Kier alpha value is -1.98. The number of nitrogens with zero attached hydrogens (tertiary/aromatic N) is 2. The predicted molar refractivity (Wildman–Crippen MR) is 68.9 cm³/mol. The first-order valence-corrected chi connectivity index (χ1v) is 6.06. The van der Waals surface area contributed by atoms with Crippen LogP contribution in [0.4, 0.5) is 13.2 Å². The van der Waals surface area contributed by atoms with E-state index in [4.69, 9.17) is 4.74 Å². The maximum absolute atomic E-state index is 12.5. The van der Waals surface area contributed by atoms with Crippen molar-refractivity contribution in [2.45, 2.75) is 32.5 Å². The molecule has 1 aromatic heterocycles. The SMILES string of the molecule is CC(C)(C)Oc1cnn(-c2ccc(C(F)(F)F)cc2)c1. The second-order valence-corrected chi connectivity index (χ2v) is 5.38. The van der Waals surface area contributed by atoms with Crippen LogP contribution in [0, 0.1) is 0 Å². The Bertz CT molecular complexity index is 580. The van der Waals surface area contributed by atoms with Gasteiger partial charge in [-0.05, 0) is 45.0 Å². The minimum atomic E-state index is -4.33. The van der Waals surface area contributed by atoms with E-state index >= 15 is 0 Å². The highest BCUT2D eigenvalue weighted by Crippen LogP contribution is 2.29. The fourth-order valence-corrected chi connectivity index (χ4v) is 1.66. The lowest BCUT2D eigenvalue weighted by Crippen LogP contribution is -2.22. The van der Waals surface area contributed by atoms with Crippen LogP contribution in [-0.2, 0) is 6.18 Å². The maximum Gasteiger partial charge on any atom is 0.416 e. The average molecular weight is 284 g/mol. The van der Waals surface area contributed by atoms with Gasteiger partial charge in [-0.3, -0.25) is 0 Å². The first-order chi connectivity index (χ1) is 9.15. The molecule has 0 unspecified atom stereocenters. The van der Waals surface area contributed by atoms with E-state index in [9.17, 15) is 13.2 Å². The molecule has 0 atom stereocenters. The van der Waals surface area contributed by atoms with E-state index in [1.54, 1.807) is 6.20 Å². The molecule has 0 aliphatic rings. The number of ether oxygens (including phenoxy) is 1. The molecule has 2 rings (SSSR count). The largest absolute Gasteiger partial charge is 0.485 e. The van der Waals surface area contributed by atoms with Crippen molar-refractivity contribution in [2.24, 2.45) is 0 Å². The molecule has 0 saturated carbocycles. The van der Waals surface area contributed by atoms with Crippen LogP contribution in [0.1, 0.15) is 26.3 Å². The molecule has 2 aromatic rings. The topological polar surface area (TPSA) is 27.1 Å². The summed E-state index contributed by atoms with van der Waals surface area (Å²) in [5.41, 5.74) is -0.491. The van der Waals surface area contributed by atoms with Crippen molar-refractivity contribution >= 4 is 0 Å². The number of alkyl halides is 3. The van der Waals surface area contributed by atoms with Gasteiger partial charge in [0, 0.05) is 0 Å². The summed E-state index contributed by atoms with van der Waals surface area (Å²) in [6.07, 6.45) is -1.17. The summed E-state index contributed by atoms with van der Waals surface area (Å²) in [7, 11) is 0. The van der Waals surface area contributed by atoms with Gasteiger partial charge in [0.1, 0.15) is 5.60 Å². The quantitative estimate of drug-likeness (QED) is 0.831. The Labute approximate surface area is 115 Å². The van der Waals surface area contributed by atoms with Gasteiger partial charge >= 0.3 is 6.18 Å². The number of rotatable bonds is 2. The summed E-state index contributed by atoms with van der Waals surface area (Å²) in [4.78, 5) is 0. The van der Waals surface area contributed by atoms with Gasteiger partial charge in [0.2, 0.25) is 0 Å². The van der Waals surface area contributed by atoms with Gasteiger partial charge in [0.15, 0.2) is 5.75 Å². The molecule has 1 aromatic carbocycles. The highest BCUT2D eigenvalue weighted by atomic mass is 19.4. The summed E-state index contributed by atoms with van der Waals surface area (Å²) in [5, 5.41) is 4.07. The van der Waals surface area contributed by atoms with Crippen molar-refractivity contribution in [3.63, 3.8) is 0 Å². The molecule has 0 radical (unpaired) electrons. The highest BCUT2D eigenvalue weighted by Gasteiger charge is 2.30. The third kappa shape index (κ3) is 3.53. The minimum absolute atomic E-state index is 0.353. The molecule has 0 saturated heterocycles. The van der Waals surface area contributed by atoms with Crippen molar-refractivity contribution in [1.82, 2.24) is 9.78 Å². The van der Waals surface area contributed by atoms with Gasteiger partial charge < -0.3 is 4.74 Å². The van der Waals surface area contributed by atoms with Gasteiger partial charge in [-0.25, -0.2) is 4.68 Å². The first kappa shape index (κ1) is 14.4. The van der Waals surface area contributed by atoms with Crippen molar-refractivity contribution in [1.29, 1.82) is 0 Å². The molecular weight excluding hydrogens is 269 g/mol. The standard InChI is InChI=1S/C14H15F3N2O/c1-13(2,3)20-12-8-18-19(9-12)11-6-4-10(5-7-11)14(15,16)17/h4-9H,1-3H3. The Morgan fingerprint density at radius 3 is 2.15 bits per heavy atom. The second kappa shape index (κ2) is 4.85. The lowest BCUT2D eigenvalue weighted by molar-refractivity contribution is -0.137. The third-order valence-electron chi connectivity index (χ3n) is 2.44. The van der Waals surface area contributed by atoms with Gasteiger partial charge in [0.05, 0.1) is 23.6 Å². The predicted octanol–water partition coefficient (Wildman–Crippen LogP) is 4.07. The summed E-state index contributed by atoms with van der Waals surface area (Å²) < 4.78 is 44.5. The van der Waals surface area contributed by atoms with E-state index < -0.39 is 11.7 Å². The van der Waals surface area contributed by atoms with Crippen LogP contribution in [0.3, 0.4) is 0 Å². The van der Waals surface area contributed by atoms with E-state index in [-0.39, 0.29) is 5.60 Å². The Kier molecular flexibility index (Phi) is 3.50. The molecule has 6 heteroatoms. The zero-order valence-corrected chi connectivity index (χ0v) is 11.4. The molecule has 3 nitrogen and oxygen atoms in total. The van der Waals surface area contributed by atoms with Crippen LogP contribution in [0.2, 0.25) is 0 Å². The van der Waals surface area contributed by atoms with Crippen molar-refractivity contribution < 1.29 is 17.9 Å². The number of hydrogen-bond acceptors (Lipinski definition) is 2. The number of halogens is 3. The monoisotopic (exact) mass is 284 g/mol. The molecule has 20 heavy (non-hydrogen) atoms. The zero-order valence-electron chi connectivity index (χ0n) is 11.4. The van der Waals surface area contributed by atoms with Crippen LogP contribution in [0.25, 0.3) is 5.69 Å². The normalized spacial score (nSPS) is 12.5. The molecule has 0 spiro atoms. The lowest BCUT2D eigenvalue weighted by Gasteiger charge is -2.19. The number of aromatic nitrogens is 2. The first-order valence-electron chi connectivity index (χ1n) is 6.06. The van der Waals surface area contributed by atoms with Crippen LogP contribution in [0.5, 0.6) is 5.75 Å². The van der Waals surface area contributed by atoms with Gasteiger partial charge in [-0.15, -0.1) is 0 Å². The lowest BCUT2D eigenvalue weighted by atomic mass is 10.2. The summed E-state index contributed by atoms with van der Waals surface area (Å²) in [5.74, 6) is 0.567.